The van der Waals surface area contributed by atoms with Gasteiger partial charge in [0.05, 0.1) is 6.54 Å². The van der Waals surface area contributed by atoms with Crippen LogP contribution in [0.1, 0.15) is 16.7 Å². The van der Waals surface area contributed by atoms with Gasteiger partial charge < -0.3 is 15.2 Å². The zero-order valence-electron chi connectivity index (χ0n) is 14.4. The SMILES string of the molecule is Cc1cc(C)c(NC(=O)CNC(=O)Cn2cc(Br)ccc2=O)c(C)c1. The first-order valence-electron chi connectivity index (χ1n) is 7.76. The van der Waals surface area contributed by atoms with Gasteiger partial charge in [-0.15, -0.1) is 0 Å². The lowest BCUT2D eigenvalue weighted by molar-refractivity contribution is -0.124. The Morgan fingerprint density at radius 3 is 2.36 bits per heavy atom. The molecular weight excluding hydrogens is 386 g/mol. The maximum absolute atomic E-state index is 12.1. The Kier molecular flexibility index (Phi) is 6.14. The number of hydrogen-bond donors (Lipinski definition) is 2. The highest BCUT2D eigenvalue weighted by atomic mass is 79.9. The van der Waals surface area contributed by atoms with E-state index in [0.717, 1.165) is 22.4 Å². The minimum atomic E-state index is -0.410. The summed E-state index contributed by atoms with van der Waals surface area (Å²) < 4.78 is 1.97. The molecule has 0 atom stereocenters. The molecule has 0 radical (unpaired) electrons. The number of halogens is 1. The third-order valence-corrected chi connectivity index (χ3v) is 4.12. The predicted molar refractivity (Wildman–Crippen MR) is 101 cm³/mol. The van der Waals surface area contributed by atoms with Gasteiger partial charge in [0.25, 0.3) is 5.56 Å². The van der Waals surface area contributed by atoms with Crippen molar-refractivity contribution in [3.05, 3.63) is 62.0 Å². The van der Waals surface area contributed by atoms with Gasteiger partial charge in [-0.25, -0.2) is 0 Å². The van der Waals surface area contributed by atoms with Crippen molar-refractivity contribution in [2.24, 2.45) is 0 Å². The van der Waals surface area contributed by atoms with E-state index in [1.807, 2.05) is 32.9 Å². The normalized spacial score (nSPS) is 10.4. The van der Waals surface area contributed by atoms with Gasteiger partial charge in [-0.2, -0.15) is 0 Å². The molecule has 2 amide bonds. The molecule has 0 aliphatic rings. The van der Waals surface area contributed by atoms with E-state index in [1.165, 1.54) is 16.8 Å². The molecule has 1 heterocycles. The smallest absolute Gasteiger partial charge is 0.251 e. The van der Waals surface area contributed by atoms with Crippen LogP contribution in [0.15, 0.2) is 39.7 Å². The number of nitrogens with one attached hydrogen (secondary N) is 2. The Labute approximate surface area is 154 Å². The molecule has 2 rings (SSSR count). The fraction of sp³-hybridized carbons (Fsp3) is 0.278. The Morgan fingerprint density at radius 2 is 1.72 bits per heavy atom. The van der Waals surface area contributed by atoms with E-state index in [2.05, 4.69) is 26.6 Å². The van der Waals surface area contributed by atoms with Gasteiger partial charge in [0.15, 0.2) is 0 Å². The topological polar surface area (TPSA) is 80.2 Å². The lowest BCUT2D eigenvalue weighted by Gasteiger charge is -2.13. The summed E-state index contributed by atoms with van der Waals surface area (Å²) in [6.07, 6.45) is 1.53. The maximum atomic E-state index is 12.1. The predicted octanol–water partition coefficient (Wildman–Crippen LogP) is 2.29. The second kappa shape index (κ2) is 8.11. The molecule has 7 heteroatoms. The summed E-state index contributed by atoms with van der Waals surface area (Å²) in [5.74, 6) is -0.724. The molecule has 132 valence electrons. The third-order valence-electron chi connectivity index (χ3n) is 3.65. The highest BCUT2D eigenvalue weighted by Gasteiger charge is 2.10. The van der Waals surface area contributed by atoms with Gasteiger partial charge in [0.1, 0.15) is 6.54 Å². The zero-order chi connectivity index (χ0) is 18.6. The number of aromatic nitrogens is 1. The number of pyridine rings is 1. The van der Waals surface area contributed by atoms with Crippen molar-refractivity contribution in [1.29, 1.82) is 0 Å². The number of anilines is 1. The molecule has 0 saturated carbocycles. The molecule has 0 aliphatic carbocycles. The number of carbonyl (C=O) groups excluding carboxylic acids is 2. The number of hydrogen-bond acceptors (Lipinski definition) is 3. The van der Waals surface area contributed by atoms with E-state index < -0.39 is 5.91 Å². The van der Waals surface area contributed by atoms with Crippen LogP contribution in [0.4, 0.5) is 5.69 Å². The van der Waals surface area contributed by atoms with E-state index in [0.29, 0.717) is 4.47 Å². The van der Waals surface area contributed by atoms with Gasteiger partial charge in [-0.1, -0.05) is 17.7 Å². The first-order chi connectivity index (χ1) is 11.8. The maximum Gasteiger partial charge on any atom is 0.251 e. The molecule has 0 spiro atoms. The largest absolute Gasteiger partial charge is 0.345 e. The fourth-order valence-electron chi connectivity index (χ4n) is 2.58. The number of carbonyl (C=O) groups is 2. The fourth-order valence-corrected chi connectivity index (χ4v) is 2.96. The Hall–Kier alpha value is -2.41. The first-order valence-corrected chi connectivity index (χ1v) is 8.56. The van der Waals surface area contributed by atoms with Gasteiger partial charge in [0.2, 0.25) is 11.8 Å². The van der Waals surface area contributed by atoms with E-state index >= 15 is 0 Å². The summed E-state index contributed by atoms with van der Waals surface area (Å²) in [5, 5.41) is 5.34. The molecule has 1 aromatic carbocycles. The molecule has 0 saturated heterocycles. The van der Waals surface area contributed by atoms with Crippen LogP contribution in [0.25, 0.3) is 0 Å². The molecule has 6 nitrogen and oxygen atoms in total. The molecule has 2 aromatic rings. The van der Waals surface area contributed by atoms with Crippen molar-refractivity contribution >= 4 is 33.4 Å². The van der Waals surface area contributed by atoms with Crippen molar-refractivity contribution in [3.63, 3.8) is 0 Å². The number of benzene rings is 1. The van der Waals surface area contributed by atoms with E-state index in [1.54, 1.807) is 6.07 Å². The lowest BCUT2D eigenvalue weighted by Crippen LogP contribution is -2.37. The molecule has 1 aromatic heterocycles. The number of amides is 2. The minimum Gasteiger partial charge on any atom is -0.345 e. The van der Waals surface area contributed by atoms with Crippen LogP contribution < -0.4 is 16.2 Å². The van der Waals surface area contributed by atoms with Gasteiger partial charge in [-0.05, 0) is 53.9 Å². The highest BCUT2D eigenvalue weighted by molar-refractivity contribution is 9.10. The van der Waals surface area contributed by atoms with Crippen LogP contribution >= 0.6 is 15.9 Å². The molecule has 25 heavy (non-hydrogen) atoms. The number of rotatable bonds is 5. The Morgan fingerprint density at radius 1 is 1.08 bits per heavy atom. The van der Waals surface area contributed by atoms with Crippen molar-refractivity contribution < 1.29 is 9.59 Å². The summed E-state index contributed by atoms with van der Waals surface area (Å²) in [6.45, 7) is 5.54. The summed E-state index contributed by atoms with van der Waals surface area (Å²) in [7, 11) is 0. The summed E-state index contributed by atoms with van der Waals surface area (Å²) in [5.41, 5.74) is 3.54. The second-order valence-electron chi connectivity index (χ2n) is 5.91. The number of aryl methyl sites for hydroxylation is 3. The molecule has 0 unspecified atom stereocenters. The quantitative estimate of drug-likeness (QED) is 0.800. The molecule has 0 aliphatic heterocycles. The first kappa shape index (κ1) is 18.9. The molecule has 2 N–H and O–H groups in total. The lowest BCUT2D eigenvalue weighted by atomic mass is 10.1. The van der Waals surface area contributed by atoms with E-state index in [-0.39, 0.29) is 24.6 Å². The van der Waals surface area contributed by atoms with Crippen LogP contribution in [0.5, 0.6) is 0 Å². The van der Waals surface area contributed by atoms with Crippen molar-refractivity contribution in [1.82, 2.24) is 9.88 Å². The molecular formula is C18H20BrN3O3. The Bertz CT molecular complexity index is 851. The monoisotopic (exact) mass is 405 g/mol. The van der Waals surface area contributed by atoms with Crippen molar-refractivity contribution in [2.75, 3.05) is 11.9 Å². The van der Waals surface area contributed by atoms with Gasteiger partial charge in [0, 0.05) is 22.4 Å². The van der Waals surface area contributed by atoms with Gasteiger partial charge >= 0.3 is 0 Å². The summed E-state index contributed by atoms with van der Waals surface area (Å²) in [6, 6.07) is 6.95. The van der Waals surface area contributed by atoms with E-state index in [9.17, 15) is 14.4 Å². The third kappa shape index (κ3) is 5.29. The second-order valence-corrected chi connectivity index (χ2v) is 6.83. The summed E-state index contributed by atoms with van der Waals surface area (Å²) in [4.78, 5) is 35.7. The average Bonchev–Trinajstić information content (AvgIpc) is 2.52. The summed E-state index contributed by atoms with van der Waals surface area (Å²) >= 11 is 3.25. The van der Waals surface area contributed by atoms with Crippen molar-refractivity contribution in [2.45, 2.75) is 27.3 Å². The minimum absolute atomic E-state index is 0.145. The van der Waals surface area contributed by atoms with E-state index in [4.69, 9.17) is 0 Å². The van der Waals surface area contributed by atoms with Crippen LogP contribution in [-0.4, -0.2) is 22.9 Å². The zero-order valence-corrected chi connectivity index (χ0v) is 15.9. The molecule has 0 bridgehead atoms. The van der Waals surface area contributed by atoms with Crippen LogP contribution in [0.2, 0.25) is 0 Å². The van der Waals surface area contributed by atoms with Crippen molar-refractivity contribution in [3.8, 4) is 0 Å². The highest BCUT2D eigenvalue weighted by Crippen LogP contribution is 2.21. The van der Waals surface area contributed by atoms with Gasteiger partial charge in [-0.3, -0.25) is 14.4 Å². The average molecular weight is 406 g/mol. The van der Waals surface area contributed by atoms with Crippen LogP contribution in [-0.2, 0) is 16.1 Å². The number of nitrogens with zero attached hydrogens (tertiary/aromatic N) is 1. The standard InChI is InChI=1S/C18H20BrN3O3/c1-11-6-12(2)18(13(3)7-11)21-15(23)8-20-16(24)10-22-9-14(19)4-5-17(22)25/h4-7,9H,8,10H2,1-3H3,(H,20,24)(H,21,23). The Balaban J connectivity index is 1.93. The van der Waals surface area contributed by atoms with Crippen LogP contribution in [0, 0.1) is 20.8 Å². The molecule has 0 fully saturated rings. The van der Waals surface area contributed by atoms with Crippen LogP contribution in [0.3, 0.4) is 0 Å².